The summed E-state index contributed by atoms with van der Waals surface area (Å²) in [6.07, 6.45) is 0.508. The molecule has 25 heavy (non-hydrogen) atoms. The van der Waals surface area contributed by atoms with Crippen LogP contribution in [0.25, 0.3) is 11.5 Å². The number of nitrogens with zero attached hydrogens (tertiary/aromatic N) is 3. The van der Waals surface area contributed by atoms with E-state index in [2.05, 4.69) is 10.1 Å². The first-order valence-electron chi connectivity index (χ1n) is 7.95. The number of methoxy groups -OCH3 is 1. The van der Waals surface area contributed by atoms with Crippen molar-refractivity contribution < 1.29 is 14.1 Å². The van der Waals surface area contributed by atoms with Crippen LogP contribution in [0.5, 0.6) is 5.75 Å². The van der Waals surface area contributed by atoms with E-state index in [-0.39, 0.29) is 5.91 Å². The summed E-state index contributed by atoms with van der Waals surface area (Å²) in [6.45, 7) is 0.477. The van der Waals surface area contributed by atoms with Gasteiger partial charge in [-0.15, -0.1) is 0 Å². The van der Waals surface area contributed by atoms with E-state index in [1.807, 2.05) is 42.5 Å². The van der Waals surface area contributed by atoms with Crippen LogP contribution < -0.4 is 4.74 Å². The van der Waals surface area contributed by atoms with Crippen LogP contribution in [0.1, 0.15) is 16.2 Å². The van der Waals surface area contributed by atoms with Crippen LogP contribution in [-0.2, 0) is 6.42 Å². The Kier molecular flexibility index (Phi) is 5.09. The van der Waals surface area contributed by atoms with Crippen molar-refractivity contribution >= 4 is 5.91 Å². The van der Waals surface area contributed by atoms with Crippen LogP contribution in [0.2, 0.25) is 0 Å². The van der Waals surface area contributed by atoms with Gasteiger partial charge in [0.2, 0.25) is 0 Å². The molecular weight excluding hydrogens is 318 g/mol. The first kappa shape index (κ1) is 16.7. The molecule has 0 radical (unpaired) electrons. The lowest BCUT2D eigenvalue weighted by molar-refractivity contribution is 0.0792. The number of benzene rings is 2. The first-order valence-corrected chi connectivity index (χ1v) is 7.95. The highest BCUT2D eigenvalue weighted by Crippen LogP contribution is 2.19. The maximum absolute atomic E-state index is 12.6. The van der Waals surface area contributed by atoms with E-state index < -0.39 is 0 Å². The molecule has 6 heteroatoms. The number of likely N-dealkylation sites (N-methyl/N-ethyl adjacent to an activating group) is 1. The Balaban J connectivity index is 1.64. The van der Waals surface area contributed by atoms with Crippen LogP contribution in [0.15, 0.2) is 59.1 Å². The van der Waals surface area contributed by atoms with Gasteiger partial charge in [-0.3, -0.25) is 4.79 Å². The summed E-state index contributed by atoms with van der Waals surface area (Å²) in [5.74, 6) is 1.50. The maximum atomic E-state index is 12.6. The zero-order chi connectivity index (χ0) is 17.6. The summed E-state index contributed by atoms with van der Waals surface area (Å²) >= 11 is 0. The number of carbonyl (C=O) groups is 1. The maximum Gasteiger partial charge on any atom is 0.257 e. The minimum atomic E-state index is -0.107. The van der Waals surface area contributed by atoms with E-state index in [0.29, 0.717) is 36.0 Å². The van der Waals surface area contributed by atoms with Gasteiger partial charge in [0, 0.05) is 25.6 Å². The molecule has 0 bridgehead atoms. The summed E-state index contributed by atoms with van der Waals surface area (Å²) < 4.78 is 10.5. The molecule has 6 nitrogen and oxygen atoms in total. The molecule has 3 rings (SSSR count). The summed E-state index contributed by atoms with van der Waals surface area (Å²) in [5.41, 5.74) is 1.41. The van der Waals surface area contributed by atoms with Crippen molar-refractivity contribution in [1.29, 1.82) is 0 Å². The Bertz CT molecular complexity index is 846. The van der Waals surface area contributed by atoms with Gasteiger partial charge in [0.05, 0.1) is 12.7 Å². The number of ether oxygens (including phenoxy) is 1. The molecule has 0 saturated heterocycles. The molecular formula is C19H19N3O3. The van der Waals surface area contributed by atoms with E-state index >= 15 is 0 Å². The van der Waals surface area contributed by atoms with Crippen molar-refractivity contribution in [3.05, 3.63) is 66.0 Å². The Labute approximate surface area is 146 Å². The molecule has 0 fully saturated rings. The van der Waals surface area contributed by atoms with Gasteiger partial charge in [-0.25, -0.2) is 0 Å². The van der Waals surface area contributed by atoms with Crippen molar-refractivity contribution in [1.82, 2.24) is 15.0 Å². The smallest absolute Gasteiger partial charge is 0.257 e. The molecule has 0 N–H and O–H groups in total. The zero-order valence-electron chi connectivity index (χ0n) is 14.2. The molecule has 2 aromatic carbocycles. The van der Waals surface area contributed by atoms with Crippen LogP contribution in [0, 0.1) is 0 Å². The Morgan fingerprint density at radius 1 is 1.12 bits per heavy atom. The van der Waals surface area contributed by atoms with Crippen LogP contribution in [-0.4, -0.2) is 41.6 Å². The average molecular weight is 337 g/mol. The van der Waals surface area contributed by atoms with Crippen molar-refractivity contribution in [3.8, 4) is 17.2 Å². The minimum Gasteiger partial charge on any atom is -0.496 e. The van der Waals surface area contributed by atoms with Crippen molar-refractivity contribution in [3.63, 3.8) is 0 Å². The molecule has 3 aromatic rings. The normalized spacial score (nSPS) is 10.5. The molecule has 128 valence electrons. The van der Waals surface area contributed by atoms with Crippen molar-refractivity contribution in [2.24, 2.45) is 0 Å². The lowest BCUT2D eigenvalue weighted by atomic mass is 10.1. The highest BCUT2D eigenvalue weighted by molar-refractivity contribution is 5.96. The van der Waals surface area contributed by atoms with Crippen molar-refractivity contribution in [2.45, 2.75) is 6.42 Å². The number of hydrogen-bond donors (Lipinski definition) is 0. The highest BCUT2D eigenvalue weighted by Gasteiger charge is 2.17. The van der Waals surface area contributed by atoms with E-state index in [1.54, 1.807) is 31.2 Å². The fraction of sp³-hybridized carbons (Fsp3) is 0.211. The third-order valence-corrected chi connectivity index (χ3v) is 3.84. The number of hydrogen-bond acceptors (Lipinski definition) is 5. The molecule has 0 unspecified atom stereocenters. The topological polar surface area (TPSA) is 68.5 Å². The quantitative estimate of drug-likeness (QED) is 0.691. The second-order valence-electron chi connectivity index (χ2n) is 5.56. The summed E-state index contributed by atoms with van der Waals surface area (Å²) in [7, 11) is 3.30. The number of rotatable bonds is 6. The minimum absolute atomic E-state index is 0.107. The van der Waals surface area contributed by atoms with E-state index in [1.165, 1.54) is 0 Å². The Hall–Kier alpha value is -3.15. The molecule has 1 aromatic heterocycles. The van der Waals surface area contributed by atoms with Crippen LogP contribution in [0.3, 0.4) is 0 Å². The van der Waals surface area contributed by atoms with Gasteiger partial charge in [-0.1, -0.05) is 35.5 Å². The van der Waals surface area contributed by atoms with Gasteiger partial charge < -0.3 is 14.2 Å². The lowest BCUT2D eigenvalue weighted by Gasteiger charge is -2.17. The summed E-state index contributed by atoms with van der Waals surface area (Å²) in [6, 6.07) is 16.8. The zero-order valence-corrected chi connectivity index (χ0v) is 14.2. The third kappa shape index (κ3) is 3.85. The first-order chi connectivity index (χ1) is 12.2. The molecule has 0 aliphatic rings. The molecule has 0 aliphatic carbocycles. The Morgan fingerprint density at radius 3 is 2.60 bits per heavy atom. The van der Waals surface area contributed by atoms with E-state index in [0.717, 1.165) is 5.56 Å². The van der Waals surface area contributed by atoms with Gasteiger partial charge in [0.1, 0.15) is 5.75 Å². The van der Waals surface area contributed by atoms with E-state index in [4.69, 9.17) is 9.26 Å². The van der Waals surface area contributed by atoms with Gasteiger partial charge >= 0.3 is 0 Å². The fourth-order valence-corrected chi connectivity index (χ4v) is 2.45. The second kappa shape index (κ2) is 7.61. The predicted molar refractivity (Wildman–Crippen MR) is 93.4 cm³/mol. The van der Waals surface area contributed by atoms with Gasteiger partial charge in [-0.2, -0.15) is 4.98 Å². The number of aromatic nitrogens is 2. The van der Waals surface area contributed by atoms with Gasteiger partial charge in [0.15, 0.2) is 5.82 Å². The number of amides is 1. The molecule has 0 saturated carbocycles. The third-order valence-electron chi connectivity index (χ3n) is 3.84. The average Bonchev–Trinajstić information content (AvgIpc) is 3.15. The van der Waals surface area contributed by atoms with E-state index in [9.17, 15) is 4.79 Å². The standard InChI is InChI=1S/C19H19N3O3/c1-22(19(23)15-10-6-7-11-16(15)24-2)13-12-17-20-18(25-21-17)14-8-4-3-5-9-14/h3-11H,12-13H2,1-2H3. The summed E-state index contributed by atoms with van der Waals surface area (Å²) in [5, 5.41) is 3.98. The number of carbonyl (C=O) groups excluding carboxylic acids is 1. The molecule has 1 heterocycles. The Morgan fingerprint density at radius 2 is 1.84 bits per heavy atom. The molecule has 0 spiro atoms. The van der Waals surface area contributed by atoms with Gasteiger partial charge in [-0.05, 0) is 24.3 Å². The highest BCUT2D eigenvalue weighted by atomic mass is 16.5. The fourth-order valence-electron chi connectivity index (χ4n) is 2.45. The molecule has 0 atom stereocenters. The van der Waals surface area contributed by atoms with Crippen LogP contribution in [0.4, 0.5) is 0 Å². The van der Waals surface area contributed by atoms with Crippen molar-refractivity contribution in [2.75, 3.05) is 20.7 Å². The van der Waals surface area contributed by atoms with Gasteiger partial charge in [0.25, 0.3) is 11.8 Å². The second-order valence-corrected chi connectivity index (χ2v) is 5.56. The monoisotopic (exact) mass is 337 g/mol. The predicted octanol–water partition coefficient (Wildman–Crippen LogP) is 3.06. The summed E-state index contributed by atoms with van der Waals surface area (Å²) in [4.78, 5) is 18.6. The largest absolute Gasteiger partial charge is 0.496 e. The SMILES string of the molecule is COc1ccccc1C(=O)N(C)CCc1noc(-c2ccccc2)n1. The number of para-hydroxylation sites is 1. The van der Waals surface area contributed by atoms with Crippen LogP contribution >= 0.6 is 0 Å². The molecule has 1 amide bonds. The lowest BCUT2D eigenvalue weighted by Crippen LogP contribution is -2.29. The molecule has 0 aliphatic heterocycles.